The number of carboxylic acid groups (broad SMARTS) is 1. The molecule has 1 fully saturated rings. The number of hydrogen-bond donors (Lipinski definition) is 2. The molecule has 3 aromatic rings. The summed E-state index contributed by atoms with van der Waals surface area (Å²) in [6, 6.07) is 11.4. The van der Waals surface area contributed by atoms with Gasteiger partial charge in [0.1, 0.15) is 5.69 Å². The van der Waals surface area contributed by atoms with Crippen molar-refractivity contribution in [2.75, 3.05) is 20.6 Å². The molecular weight excluding hydrogens is 468 g/mol. The van der Waals surface area contributed by atoms with Gasteiger partial charge in [0.2, 0.25) is 0 Å². The van der Waals surface area contributed by atoms with Crippen molar-refractivity contribution in [3.8, 4) is 0 Å². The molecule has 1 aromatic heterocycles. The van der Waals surface area contributed by atoms with E-state index in [9.17, 15) is 24.3 Å². The first kappa shape index (κ1) is 23.8. The number of nitrogens with one attached hydrogen (secondary N) is 1. The van der Waals surface area contributed by atoms with Crippen molar-refractivity contribution in [2.45, 2.75) is 43.9 Å². The van der Waals surface area contributed by atoms with E-state index in [1.54, 1.807) is 6.07 Å². The highest BCUT2D eigenvalue weighted by Crippen LogP contribution is 2.57. The molecule has 2 aromatic carbocycles. The monoisotopic (exact) mass is 498 g/mol. The molecule has 3 atom stereocenters. The summed E-state index contributed by atoms with van der Waals surface area (Å²) >= 11 is 0. The van der Waals surface area contributed by atoms with Crippen LogP contribution >= 0.6 is 0 Å². The minimum absolute atomic E-state index is 0.0793. The van der Waals surface area contributed by atoms with E-state index < -0.39 is 23.2 Å². The SMILES string of the molecule is CN(C)CCc1c(C(=O)O)[nH]c2ccc(CCC3C(=O)C4C(=O)c5cccc6c5C4(CCC6)C3=O)cc12. The van der Waals surface area contributed by atoms with Gasteiger partial charge in [-0.3, -0.25) is 14.4 Å². The van der Waals surface area contributed by atoms with Gasteiger partial charge in [0.25, 0.3) is 0 Å². The minimum atomic E-state index is -0.990. The first-order valence-corrected chi connectivity index (χ1v) is 13.0. The van der Waals surface area contributed by atoms with Crippen LogP contribution in [0.3, 0.4) is 0 Å². The Kier molecular flexibility index (Phi) is 5.46. The first-order chi connectivity index (χ1) is 17.7. The van der Waals surface area contributed by atoms with Crippen LogP contribution in [-0.2, 0) is 34.3 Å². The first-order valence-electron chi connectivity index (χ1n) is 13.0. The summed E-state index contributed by atoms with van der Waals surface area (Å²) in [7, 11) is 3.90. The topological polar surface area (TPSA) is 108 Å². The second-order valence-electron chi connectivity index (χ2n) is 11.0. The molecule has 7 nitrogen and oxygen atoms in total. The Bertz CT molecular complexity index is 1500. The molecule has 3 aliphatic rings. The summed E-state index contributed by atoms with van der Waals surface area (Å²) < 4.78 is 0. The number of benzene rings is 2. The van der Waals surface area contributed by atoms with E-state index >= 15 is 0 Å². The van der Waals surface area contributed by atoms with Gasteiger partial charge >= 0.3 is 5.97 Å². The van der Waals surface area contributed by atoms with Crippen LogP contribution in [0, 0.1) is 11.8 Å². The lowest BCUT2D eigenvalue weighted by Gasteiger charge is -2.33. The van der Waals surface area contributed by atoms with E-state index in [2.05, 4.69) is 4.98 Å². The van der Waals surface area contributed by atoms with Crippen LogP contribution in [0.25, 0.3) is 10.9 Å². The highest BCUT2D eigenvalue weighted by Gasteiger charge is 2.68. The van der Waals surface area contributed by atoms with Crippen molar-refractivity contribution >= 4 is 34.2 Å². The number of carbonyl (C=O) groups is 4. The average Bonchev–Trinajstić information content (AvgIpc) is 3.43. The Morgan fingerprint density at radius 2 is 1.95 bits per heavy atom. The second-order valence-corrected chi connectivity index (χ2v) is 11.0. The van der Waals surface area contributed by atoms with Crippen molar-refractivity contribution in [2.24, 2.45) is 11.8 Å². The number of rotatable bonds is 7. The van der Waals surface area contributed by atoms with Gasteiger partial charge in [-0.15, -0.1) is 0 Å². The Labute approximate surface area is 214 Å². The van der Waals surface area contributed by atoms with E-state index in [-0.39, 0.29) is 23.0 Å². The molecule has 1 heterocycles. The van der Waals surface area contributed by atoms with Gasteiger partial charge in [-0.1, -0.05) is 24.3 Å². The third-order valence-electron chi connectivity index (χ3n) is 8.73. The summed E-state index contributed by atoms with van der Waals surface area (Å²) in [5.74, 6) is -3.12. The van der Waals surface area contributed by atoms with Gasteiger partial charge in [0.15, 0.2) is 17.3 Å². The zero-order valence-electron chi connectivity index (χ0n) is 21.1. The number of aromatic carboxylic acids is 1. The van der Waals surface area contributed by atoms with Crippen molar-refractivity contribution in [3.05, 3.63) is 69.9 Å². The summed E-state index contributed by atoms with van der Waals surface area (Å²) in [6.45, 7) is 0.712. The fourth-order valence-corrected chi connectivity index (χ4v) is 7.11. The Balaban J connectivity index is 1.30. The van der Waals surface area contributed by atoms with Gasteiger partial charge in [-0.25, -0.2) is 4.79 Å². The lowest BCUT2D eigenvalue weighted by molar-refractivity contribution is -0.129. The molecule has 2 N–H and O–H groups in total. The third kappa shape index (κ3) is 3.37. The van der Waals surface area contributed by atoms with Crippen LogP contribution in [-0.4, -0.2) is 58.9 Å². The van der Waals surface area contributed by atoms with Crippen molar-refractivity contribution in [3.63, 3.8) is 0 Å². The molecule has 0 amide bonds. The number of likely N-dealkylation sites (N-methyl/N-ethyl adjacent to an activating group) is 1. The van der Waals surface area contributed by atoms with Gasteiger partial charge in [-0.05, 0) is 87.0 Å². The van der Waals surface area contributed by atoms with Crippen molar-refractivity contribution in [1.82, 2.24) is 9.88 Å². The zero-order chi connectivity index (χ0) is 26.1. The number of Topliss-reactive ketones (excluding diaryl/α,β-unsaturated/α-hetero) is 3. The predicted octanol–water partition coefficient (Wildman–Crippen LogP) is 3.76. The number of aryl methyl sites for hydroxylation is 2. The summed E-state index contributed by atoms with van der Waals surface area (Å²) in [5.41, 5.74) is 4.14. The molecule has 1 spiro atoms. The maximum absolute atomic E-state index is 13.9. The number of ketones is 3. The standard InChI is InChI=1S/C30H30N2O5/c1-32(2)14-12-18-21-15-16(9-11-22(21)31-25(18)29(36)37)8-10-20-27(34)24-26(33)19-7-3-5-17-6-4-13-30(24,23(17)19)28(20)35/h3,5,7,9,11,15,20,24,31H,4,6,8,10,12-14H2,1-2H3,(H,36,37). The van der Waals surface area contributed by atoms with Crippen LogP contribution in [0.5, 0.6) is 0 Å². The molecular formula is C30H30N2O5. The third-order valence-corrected chi connectivity index (χ3v) is 8.73. The van der Waals surface area contributed by atoms with Crippen LogP contribution in [0.2, 0.25) is 0 Å². The molecule has 1 saturated carbocycles. The number of H-pyrrole nitrogens is 1. The van der Waals surface area contributed by atoms with E-state index in [1.807, 2.05) is 49.3 Å². The van der Waals surface area contributed by atoms with Crippen molar-refractivity contribution in [1.29, 1.82) is 0 Å². The number of fused-ring (bicyclic) bond motifs is 1. The molecule has 3 unspecified atom stereocenters. The number of nitrogens with zero attached hydrogens (tertiary/aromatic N) is 1. The fourth-order valence-electron chi connectivity index (χ4n) is 7.11. The van der Waals surface area contributed by atoms with Gasteiger partial charge in [0, 0.05) is 23.0 Å². The van der Waals surface area contributed by atoms with Crippen LogP contribution in [0.1, 0.15) is 62.4 Å². The van der Waals surface area contributed by atoms with E-state index in [0.29, 0.717) is 37.8 Å². The largest absolute Gasteiger partial charge is 0.477 e. The zero-order valence-corrected chi connectivity index (χ0v) is 21.1. The Morgan fingerprint density at radius 1 is 1.14 bits per heavy atom. The lowest BCUT2D eigenvalue weighted by atomic mass is 9.67. The van der Waals surface area contributed by atoms with Gasteiger partial charge < -0.3 is 15.0 Å². The second kappa shape index (κ2) is 8.48. The Hall–Kier alpha value is -3.58. The summed E-state index contributed by atoms with van der Waals surface area (Å²) in [4.78, 5) is 57.7. The van der Waals surface area contributed by atoms with E-state index in [4.69, 9.17) is 0 Å². The normalized spacial score (nSPS) is 24.2. The van der Waals surface area contributed by atoms with E-state index in [1.165, 1.54) is 0 Å². The number of aromatic amines is 1. The van der Waals surface area contributed by atoms with Crippen molar-refractivity contribution < 1.29 is 24.3 Å². The lowest BCUT2D eigenvalue weighted by Crippen LogP contribution is -2.40. The molecule has 0 aliphatic heterocycles. The molecule has 7 heteroatoms. The predicted molar refractivity (Wildman–Crippen MR) is 138 cm³/mol. The quantitative estimate of drug-likeness (QED) is 0.481. The molecule has 3 aliphatic carbocycles. The van der Waals surface area contributed by atoms with Gasteiger partial charge in [0.05, 0.1) is 17.3 Å². The number of aromatic nitrogens is 1. The maximum Gasteiger partial charge on any atom is 0.352 e. The summed E-state index contributed by atoms with van der Waals surface area (Å²) in [5, 5.41) is 10.6. The molecule has 0 saturated heterocycles. The van der Waals surface area contributed by atoms with Gasteiger partial charge in [-0.2, -0.15) is 0 Å². The Morgan fingerprint density at radius 3 is 2.70 bits per heavy atom. The molecule has 37 heavy (non-hydrogen) atoms. The van der Waals surface area contributed by atoms with E-state index in [0.717, 1.165) is 46.0 Å². The molecule has 190 valence electrons. The number of carbonyl (C=O) groups excluding carboxylic acids is 3. The summed E-state index contributed by atoms with van der Waals surface area (Å²) in [6.07, 6.45) is 3.66. The minimum Gasteiger partial charge on any atom is -0.477 e. The smallest absolute Gasteiger partial charge is 0.352 e. The fraction of sp³-hybridized carbons (Fsp3) is 0.400. The maximum atomic E-state index is 13.9. The van der Waals surface area contributed by atoms with Crippen LogP contribution in [0.15, 0.2) is 36.4 Å². The molecule has 6 rings (SSSR count). The van der Waals surface area contributed by atoms with Crippen LogP contribution < -0.4 is 0 Å². The number of carboxylic acids is 1. The van der Waals surface area contributed by atoms with Crippen LogP contribution in [0.4, 0.5) is 0 Å². The molecule has 0 bridgehead atoms. The average molecular weight is 499 g/mol. The number of hydrogen-bond acceptors (Lipinski definition) is 5. The highest BCUT2D eigenvalue weighted by atomic mass is 16.4. The molecule has 0 radical (unpaired) electrons. The highest BCUT2D eigenvalue weighted by molar-refractivity contribution is 6.30.